The maximum atomic E-state index is 12.4. The molecule has 24 heavy (non-hydrogen) atoms. The molecule has 1 aliphatic rings. The molecule has 1 aliphatic heterocycles. The molecule has 1 amide bonds. The lowest BCUT2D eigenvalue weighted by Crippen LogP contribution is -2.39. The zero-order valence-corrected chi connectivity index (χ0v) is 14.5. The van der Waals surface area contributed by atoms with E-state index in [0.717, 1.165) is 32.2 Å². The largest absolute Gasteiger partial charge is 0.481 e. The van der Waals surface area contributed by atoms with Gasteiger partial charge in [-0.05, 0) is 32.1 Å². The highest BCUT2D eigenvalue weighted by molar-refractivity contribution is 5.95. The smallest absolute Gasteiger partial charge is 0.308 e. The van der Waals surface area contributed by atoms with E-state index in [2.05, 4.69) is 17.3 Å². The van der Waals surface area contributed by atoms with E-state index < -0.39 is 11.9 Å². The van der Waals surface area contributed by atoms with Crippen LogP contribution in [0.1, 0.15) is 48.7 Å². The van der Waals surface area contributed by atoms with Crippen LogP contribution < -0.4 is 5.32 Å². The molecular weight excluding hydrogens is 310 g/mol. The summed E-state index contributed by atoms with van der Waals surface area (Å²) in [6.07, 6.45) is 5.25. The molecule has 134 valence electrons. The summed E-state index contributed by atoms with van der Waals surface area (Å²) in [6, 6.07) is 0. The normalized spacial score (nSPS) is 16.8. The summed E-state index contributed by atoms with van der Waals surface area (Å²) in [5.41, 5.74) is 1.18. The van der Waals surface area contributed by atoms with Crippen molar-refractivity contribution >= 4 is 11.9 Å². The molecule has 1 fully saturated rings. The molecule has 0 aliphatic carbocycles. The van der Waals surface area contributed by atoms with E-state index in [1.165, 1.54) is 0 Å². The maximum Gasteiger partial charge on any atom is 0.308 e. The fraction of sp³-hybridized carbons (Fsp3) is 0.706. The van der Waals surface area contributed by atoms with Crippen LogP contribution in [0.4, 0.5) is 0 Å². The Balaban J connectivity index is 1.95. The van der Waals surface area contributed by atoms with Gasteiger partial charge in [-0.3, -0.25) is 14.3 Å². The van der Waals surface area contributed by atoms with Crippen LogP contribution in [-0.4, -0.2) is 46.5 Å². The molecule has 2 heterocycles. The maximum absolute atomic E-state index is 12.4. The van der Waals surface area contributed by atoms with Crippen LogP contribution in [0.25, 0.3) is 0 Å². The van der Waals surface area contributed by atoms with Crippen molar-refractivity contribution in [3.05, 3.63) is 17.5 Å². The summed E-state index contributed by atoms with van der Waals surface area (Å²) >= 11 is 0. The number of carboxylic acid groups (broad SMARTS) is 1. The fourth-order valence-corrected chi connectivity index (χ4v) is 3.05. The predicted molar refractivity (Wildman–Crippen MR) is 88.9 cm³/mol. The molecule has 1 aromatic heterocycles. The Kier molecular flexibility index (Phi) is 6.78. The molecule has 2 rings (SSSR count). The first-order valence-corrected chi connectivity index (χ1v) is 8.65. The first kappa shape index (κ1) is 18.4. The Morgan fingerprint density at radius 1 is 1.46 bits per heavy atom. The van der Waals surface area contributed by atoms with E-state index in [-0.39, 0.29) is 18.4 Å². The van der Waals surface area contributed by atoms with Crippen LogP contribution in [0, 0.1) is 18.8 Å². The van der Waals surface area contributed by atoms with Crippen LogP contribution in [0.3, 0.4) is 0 Å². The Morgan fingerprint density at radius 2 is 2.17 bits per heavy atom. The Labute approximate surface area is 142 Å². The second-order valence-electron chi connectivity index (χ2n) is 6.35. The third-order valence-electron chi connectivity index (χ3n) is 4.57. The number of nitrogens with one attached hydrogen (secondary N) is 1. The van der Waals surface area contributed by atoms with Crippen LogP contribution in [0.2, 0.25) is 0 Å². The van der Waals surface area contributed by atoms with Gasteiger partial charge in [0.15, 0.2) is 0 Å². The average molecular weight is 337 g/mol. The topological polar surface area (TPSA) is 93.5 Å². The van der Waals surface area contributed by atoms with Crippen molar-refractivity contribution in [3.63, 3.8) is 0 Å². The highest BCUT2D eigenvalue weighted by atomic mass is 16.5. The van der Waals surface area contributed by atoms with Crippen molar-refractivity contribution in [3.8, 4) is 0 Å². The standard InChI is InChI=1S/C17H27N3O4/c1-3-4-7-20-11-15(12(2)19-20)16(21)18-10-14(17(22)23)13-5-8-24-9-6-13/h11,13-14H,3-10H2,1-2H3,(H,18,21)(H,22,23). The van der Waals surface area contributed by atoms with Crippen molar-refractivity contribution in [1.29, 1.82) is 0 Å². The zero-order chi connectivity index (χ0) is 17.5. The lowest BCUT2D eigenvalue weighted by molar-refractivity contribution is -0.144. The number of nitrogens with zero attached hydrogens (tertiary/aromatic N) is 2. The third kappa shape index (κ3) is 4.80. The number of carboxylic acids is 1. The van der Waals surface area contributed by atoms with Crippen molar-refractivity contribution in [2.75, 3.05) is 19.8 Å². The third-order valence-corrected chi connectivity index (χ3v) is 4.57. The van der Waals surface area contributed by atoms with Gasteiger partial charge in [0.05, 0.1) is 17.2 Å². The number of aromatic nitrogens is 2. The minimum absolute atomic E-state index is 0.0462. The van der Waals surface area contributed by atoms with Crippen LogP contribution >= 0.6 is 0 Å². The Morgan fingerprint density at radius 3 is 2.79 bits per heavy atom. The van der Waals surface area contributed by atoms with E-state index in [4.69, 9.17) is 4.74 Å². The number of carbonyl (C=O) groups excluding carboxylic acids is 1. The van der Waals surface area contributed by atoms with Gasteiger partial charge >= 0.3 is 5.97 Å². The number of amides is 1. The molecule has 0 bridgehead atoms. The van der Waals surface area contributed by atoms with Gasteiger partial charge in [-0.25, -0.2) is 0 Å². The number of aliphatic carboxylic acids is 1. The molecule has 1 unspecified atom stereocenters. The number of rotatable bonds is 8. The van der Waals surface area contributed by atoms with Crippen molar-refractivity contribution < 1.29 is 19.4 Å². The summed E-state index contributed by atoms with van der Waals surface area (Å²) in [4.78, 5) is 23.9. The van der Waals surface area contributed by atoms with E-state index in [1.54, 1.807) is 17.8 Å². The van der Waals surface area contributed by atoms with E-state index >= 15 is 0 Å². The Bertz CT molecular complexity index is 564. The van der Waals surface area contributed by atoms with E-state index in [1.807, 2.05) is 0 Å². The predicted octanol–water partition coefficient (Wildman–Crippen LogP) is 1.85. The summed E-state index contributed by atoms with van der Waals surface area (Å²) in [6.45, 7) is 6.00. The van der Waals surface area contributed by atoms with Crippen molar-refractivity contribution in [1.82, 2.24) is 15.1 Å². The van der Waals surface area contributed by atoms with Gasteiger partial charge in [0.2, 0.25) is 0 Å². The summed E-state index contributed by atoms with van der Waals surface area (Å²) in [7, 11) is 0. The highest BCUT2D eigenvalue weighted by Gasteiger charge is 2.30. The number of carbonyl (C=O) groups is 2. The molecule has 0 radical (unpaired) electrons. The summed E-state index contributed by atoms with van der Waals surface area (Å²) < 4.78 is 7.06. The molecule has 2 N–H and O–H groups in total. The molecule has 0 saturated carbocycles. The van der Waals surface area contributed by atoms with E-state index in [0.29, 0.717) is 24.5 Å². The van der Waals surface area contributed by atoms with Gasteiger partial charge < -0.3 is 15.2 Å². The van der Waals surface area contributed by atoms with Crippen molar-refractivity contribution in [2.24, 2.45) is 11.8 Å². The first-order valence-electron chi connectivity index (χ1n) is 8.65. The minimum Gasteiger partial charge on any atom is -0.481 e. The van der Waals surface area contributed by atoms with Gasteiger partial charge in [0, 0.05) is 32.5 Å². The second-order valence-corrected chi connectivity index (χ2v) is 6.35. The van der Waals surface area contributed by atoms with Gasteiger partial charge in [-0.2, -0.15) is 5.10 Å². The Hall–Kier alpha value is -1.89. The second kappa shape index (κ2) is 8.82. The zero-order valence-electron chi connectivity index (χ0n) is 14.5. The fourth-order valence-electron chi connectivity index (χ4n) is 3.05. The number of hydrogen-bond acceptors (Lipinski definition) is 4. The lowest BCUT2D eigenvalue weighted by atomic mass is 9.86. The molecule has 7 nitrogen and oxygen atoms in total. The van der Waals surface area contributed by atoms with Crippen LogP contribution in [-0.2, 0) is 16.1 Å². The summed E-state index contributed by atoms with van der Waals surface area (Å²) in [5.74, 6) is -1.65. The monoisotopic (exact) mass is 337 g/mol. The molecule has 0 aromatic carbocycles. The number of aryl methyl sites for hydroxylation is 2. The van der Waals surface area contributed by atoms with Gasteiger partial charge in [0.1, 0.15) is 0 Å². The van der Waals surface area contributed by atoms with Gasteiger partial charge in [-0.1, -0.05) is 13.3 Å². The first-order chi connectivity index (χ1) is 11.5. The minimum atomic E-state index is -0.863. The number of unbranched alkanes of at least 4 members (excludes halogenated alkanes) is 1. The molecule has 1 aromatic rings. The molecule has 7 heteroatoms. The number of ether oxygens (including phenoxy) is 1. The molecule has 0 spiro atoms. The lowest BCUT2D eigenvalue weighted by Gasteiger charge is -2.27. The van der Waals surface area contributed by atoms with Crippen molar-refractivity contribution in [2.45, 2.75) is 46.1 Å². The molecule has 1 saturated heterocycles. The van der Waals surface area contributed by atoms with E-state index in [9.17, 15) is 14.7 Å². The average Bonchev–Trinajstić information content (AvgIpc) is 2.94. The summed E-state index contributed by atoms with van der Waals surface area (Å²) in [5, 5.41) is 16.6. The van der Waals surface area contributed by atoms with Gasteiger partial charge in [-0.15, -0.1) is 0 Å². The molecule has 1 atom stereocenters. The quantitative estimate of drug-likeness (QED) is 0.755. The van der Waals surface area contributed by atoms with Gasteiger partial charge in [0.25, 0.3) is 5.91 Å². The SMILES string of the molecule is CCCCn1cc(C(=O)NCC(C(=O)O)C2CCOCC2)c(C)n1. The van der Waals surface area contributed by atoms with Crippen LogP contribution in [0.15, 0.2) is 6.20 Å². The highest BCUT2D eigenvalue weighted by Crippen LogP contribution is 2.24. The number of hydrogen-bond donors (Lipinski definition) is 2. The molecular formula is C17H27N3O4. The van der Waals surface area contributed by atoms with Crippen LogP contribution in [0.5, 0.6) is 0 Å².